The van der Waals surface area contributed by atoms with Crippen molar-refractivity contribution in [3.05, 3.63) is 22.4 Å². The van der Waals surface area contributed by atoms with Gasteiger partial charge in [0.25, 0.3) is 0 Å². The second-order valence-electron chi connectivity index (χ2n) is 4.86. The molecule has 1 aromatic heterocycles. The van der Waals surface area contributed by atoms with E-state index in [0.29, 0.717) is 6.04 Å². The van der Waals surface area contributed by atoms with Crippen molar-refractivity contribution >= 4 is 11.3 Å². The molecule has 0 amide bonds. The fourth-order valence-corrected chi connectivity index (χ4v) is 2.98. The maximum atomic E-state index is 3.66. The van der Waals surface area contributed by atoms with E-state index in [1.807, 2.05) is 0 Å². The molecule has 1 fully saturated rings. The SMILES string of the molecule is CC(Cc1ccsc1)NCC1CCCNC1. The van der Waals surface area contributed by atoms with Crippen molar-refractivity contribution in [1.82, 2.24) is 10.6 Å². The fourth-order valence-electron chi connectivity index (χ4n) is 2.30. The number of piperidine rings is 1. The van der Waals surface area contributed by atoms with Crippen LogP contribution in [0.1, 0.15) is 25.3 Å². The van der Waals surface area contributed by atoms with Gasteiger partial charge in [-0.3, -0.25) is 0 Å². The molecule has 16 heavy (non-hydrogen) atoms. The van der Waals surface area contributed by atoms with Gasteiger partial charge in [0.05, 0.1) is 0 Å². The van der Waals surface area contributed by atoms with E-state index in [9.17, 15) is 0 Å². The van der Waals surface area contributed by atoms with E-state index >= 15 is 0 Å². The molecule has 2 nitrogen and oxygen atoms in total. The number of hydrogen-bond acceptors (Lipinski definition) is 3. The molecule has 0 aromatic carbocycles. The number of hydrogen-bond donors (Lipinski definition) is 2. The Morgan fingerprint density at radius 3 is 3.25 bits per heavy atom. The van der Waals surface area contributed by atoms with E-state index < -0.39 is 0 Å². The third kappa shape index (κ3) is 3.89. The Labute approximate surface area is 102 Å². The van der Waals surface area contributed by atoms with Crippen molar-refractivity contribution in [2.24, 2.45) is 5.92 Å². The third-order valence-electron chi connectivity index (χ3n) is 3.28. The molecule has 2 atom stereocenters. The van der Waals surface area contributed by atoms with Gasteiger partial charge in [-0.25, -0.2) is 0 Å². The van der Waals surface area contributed by atoms with Crippen LogP contribution < -0.4 is 10.6 Å². The normalized spacial score (nSPS) is 23.2. The van der Waals surface area contributed by atoms with Gasteiger partial charge in [0.15, 0.2) is 0 Å². The standard InChI is InChI=1S/C13H22N2S/c1-11(7-12-4-6-16-10-12)15-9-13-3-2-5-14-8-13/h4,6,10-11,13-15H,2-3,5,7-9H2,1H3. The monoisotopic (exact) mass is 238 g/mol. The van der Waals surface area contributed by atoms with Crippen LogP contribution in [-0.2, 0) is 6.42 Å². The molecule has 1 saturated heterocycles. The Kier molecular flexibility index (Phi) is 4.82. The minimum Gasteiger partial charge on any atom is -0.316 e. The van der Waals surface area contributed by atoms with Crippen LogP contribution >= 0.6 is 11.3 Å². The lowest BCUT2D eigenvalue weighted by molar-refractivity contribution is 0.346. The highest BCUT2D eigenvalue weighted by atomic mass is 32.1. The van der Waals surface area contributed by atoms with Crippen molar-refractivity contribution in [3.63, 3.8) is 0 Å². The first-order chi connectivity index (χ1) is 7.84. The van der Waals surface area contributed by atoms with Crippen LogP contribution in [0.5, 0.6) is 0 Å². The van der Waals surface area contributed by atoms with Gasteiger partial charge in [-0.2, -0.15) is 11.3 Å². The highest BCUT2D eigenvalue weighted by molar-refractivity contribution is 7.07. The lowest BCUT2D eigenvalue weighted by atomic mass is 9.99. The van der Waals surface area contributed by atoms with E-state index in [2.05, 4.69) is 34.4 Å². The number of thiophene rings is 1. The Morgan fingerprint density at radius 1 is 1.62 bits per heavy atom. The van der Waals surface area contributed by atoms with Crippen LogP contribution in [0.15, 0.2) is 16.8 Å². The van der Waals surface area contributed by atoms with E-state index in [1.165, 1.54) is 31.5 Å². The van der Waals surface area contributed by atoms with Gasteiger partial charge in [0, 0.05) is 6.04 Å². The Bertz CT molecular complexity index is 278. The smallest absolute Gasteiger partial charge is 0.00795 e. The summed E-state index contributed by atoms with van der Waals surface area (Å²) in [5, 5.41) is 11.5. The molecule has 2 heterocycles. The third-order valence-corrected chi connectivity index (χ3v) is 4.01. The van der Waals surface area contributed by atoms with Crippen LogP contribution in [0.3, 0.4) is 0 Å². The molecule has 1 aliphatic heterocycles. The molecule has 2 N–H and O–H groups in total. The first-order valence-electron chi connectivity index (χ1n) is 6.30. The quantitative estimate of drug-likeness (QED) is 0.822. The topological polar surface area (TPSA) is 24.1 Å². The highest BCUT2D eigenvalue weighted by Crippen LogP contribution is 2.11. The van der Waals surface area contributed by atoms with Crippen LogP contribution in [0.4, 0.5) is 0 Å². The fraction of sp³-hybridized carbons (Fsp3) is 0.692. The Hall–Kier alpha value is -0.380. The van der Waals surface area contributed by atoms with Crippen LogP contribution in [0, 0.1) is 5.92 Å². The summed E-state index contributed by atoms with van der Waals surface area (Å²) in [6.07, 6.45) is 3.88. The van der Waals surface area contributed by atoms with Crippen molar-refractivity contribution in [3.8, 4) is 0 Å². The van der Waals surface area contributed by atoms with Crippen molar-refractivity contribution in [2.45, 2.75) is 32.2 Å². The molecular weight excluding hydrogens is 216 g/mol. The maximum Gasteiger partial charge on any atom is 0.00795 e. The molecule has 0 saturated carbocycles. The van der Waals surface area contributed by atoms with E-state index in [-0.39, 0.29) is 0 Å². The Balaban J connectivity index is 1.65. The van der Waals surface area contributed by atoms with Gasteiger partial charge in [-0.1, -0.05) is 0 Å². The summed E-state index contributed by atoms with van der Waals surface area (Å²) in [5.74, 6) is 0.832. The summed E-state index contributed by atoms with van der Waals surface area (Å²) in [7, 11) is 0. The molecule has 2 rings (SSSR count). The van der Waals surface area contributed by atoms with Crippen LogP contribution in [0.2, 0.25) is 0 Å². The molecular formula is C13H22N2S. The minimum absolute atomic E-state index is 0.594. The zero-order valence-electron chi connectivity index (χ0n) is 10.0. The van der Waals surface area contributed by atoms with Gasteiger partial charge in [-0.15, -0.1) is 0 Å². The van der Waals surface area contributed by atoms with Crippen molar-refractivity contribution < 1.29 is 0 Å². The van der Waals surface area contributed by atoms with E-state index in [1.54, 1.807) is 11.3 Å². The second kappa shape index (κ2) is 6.38. The average Bonchev–Trinajstić information content (AvgIpc) is 2.81. The van der Waals surface area contributed by atoms with E-state index in [4.69, 9.17) is 0 Å². The summed E-state index contributed by atoms with van der Waals surface area (Å²) in [5.41, 5.74) is 1.46. The predicted octanol–water partition coefficient (Wildman–Crippen LogP) is 2.27. The second-order valence-corrected chi connectivity index (χ2v) is 5.64. The zero-order chi connectivity index (χ0) is 11.2. The molecule has 1 aromatic rings. The first kappa shape index (κ1) is 12.1. The Morgan fingerprint density at radius 2 is 2.56 bits per heavy atom. The van der Waals surface area contributed by atoms with Gasteiger partial charge in [0.2, 0.25) is 0 Å². The lowest BCUT2D eigenvalue weighted by Crippen LogP contribution is -2.39. The van der Waals surface area contributed by atoms with Gasteiger partial charge in [0.1, 0.15) is 0 Å². The summed E-state index contributed by atoms with van der Waals surface area (Å²) in [6.45, 7) is 5.85. The molecule has 3 heteroatoms. The molecule has 2 unspecified atom stereocenters. The average molecular weight is 238 g/mol. The molecule has 0 aliphatic carbocycles. The summed E-state index contributed by atoms with van der Waals surface area (Å²) in [6, 6.07) is 2.82. The van der Waals surface area contributed by atoms with Crippen molar-refractivity contribution in [2.75, 3.05) is 19.6 Å². The molecule has 0 bridgehead atoms. The largest absolute Gasteiger partial charge is 0.316 e. The molecule has 1 aliphatic rings. The van der Waals surface area contributed by atoms with Crippen LogP contribution in [0.25, 0.3) is 0 Å². The highest BCUT2D eigenvalue weighted by Gasteiger charge is 2.13. The predicted molar refractivity (Wildman–Crippen MR) is 71.1 cm³/mol. The van der Waals surface area contributed by atoms with Gasteiger partial charge < -0.3 is 10.6 Å². The van der Waals surface area contributed by atoms with Gasteiger partial charge >= 0.3 is 0 Å². The van der Waals surface area contributed by atoms with E-state index in [0.717, 1.165) is 18.9 Å². The molecule has 0 radical (unpaired) electrons. The maximum absolute atomic E-state index is 3.66. The van der Waals surface area contributed by atoms with Crippen LogP contribution in [-0.4, -0.2) is 25.7 Å². The van der Waals surface area contributed by atoms with Crippen molar-refractivity contribution in [1.29, 1.82) is 0 Å². The molecule has 90 valence electrons. The number of rotatable bonds is 5. The summed E-state index contributed by atoms with van der Waals surface area (Å²) < 4.78 is 0. The minimum atomic E-state index is 0.594. The lowest BCUT2D eigenvalue weighted by Gasteiger charge is -2.24. The first-order valence-corrected chi connectivity index (χ1v) is 7.24. The summed E-state index contributed by atoms with van der Waals surface area (Å²) in [4.78, 5) is 0. The summed E-state index contributed by atoms with van der Waals surface area (Å²) >= 11 is 1.79. The number of nitrogens with one attached hydrogen (secondary N) is 2. The van der Waals surface area contributed by atoms with Gasteiger partial charge in [-0.05, 0) is 74.1 Å². The molecule has 0 spiro atoms. The zero-order valence-corrected chi connectivity index (χ0v) is 10.9.